The Bertz CT molecular complexity index is 1260. The number of ether oxygens (including phenoxy) is 1. The Labute approximate surface area is 190 Å². The molecule has 0 spiro atoms. The molecule has 3 heterocycles. The van der Waals surface area contributed by atoms with Gasteiger partial charge in [-0.05, 0) is 61.5 Å². The first kappa shape index (κ1) is 21.7. The molecular weight excluding hydrogens is 424 g/mol. The van der Waals surface area contributed by atoms with Crippen LogP contribution in [0.3, 0.4) is 0 Å². The minimum atomic E-state index is -0.474. The van der Waals surface area contributed by atoms with Gasteiger partial charge in [0.25, 0.3) is 5.91 Å². The minimum absolute atomic E-state index is 0.114. The average Bonchev–Trinajstić information content (AvgIpc) is 3.44. The van der Waals surface area contributed by atoms with Gasteiger partial charge in [0.1, 0.15) is 5.75 Å². The lowest BCUT2D eigenvalue weighted by Gasteiger charge is -2.12. The topological polar surface area (TPSA) is 86.1 Å². The zero-order valence-electron chi connectivity index (χ0n) is 18.3. The summed E-state index contributed by atoms with van der Waals surface area (Å²) in [7, 11) is 0. The van der Waals surface area contributed by atoms with Crippen molar-refractivity contribution in [3.05, 3.63) is 70.2 Å². The van der Waals surface area contributed by atoms with Gasteiger partial charge in [-0.3, -0.25) is 4.79 Å². The van der Waals surface area contributed by atoms with E-state index in [1.54, 1.807) is 42.6 Å². The van der Waals surface area contributed by atoms with E-state index in [0.717, 1.165) is 5.69 Å². The quantitative estimate of drug-likeness (QED) is 0.303. The van der Waals surface area contributed by atoms with Crippen molar-refractivity contribution in [1.29, 1.82) is 0 Å². The van der Waals surface area contributed by atoms with E-state index in [4.69, 9.17) is 9.72 Å². The smallest absolute Gasteiger partial charge is 0.344 e. The maximum atomic E-state index is 13.0. The van der Waals surface area contributed by atoms with Gasteiger partial charge in [0.2, 0.25) is 0 Å². The van der Waals surface area contributed by atoms with Crippen LogP contribution in [0.15, 0.2) is 54.0 Å². The molecule has 7 nitrogen and oxygen atoms in total. The molecule has 0 fully saturated rings. The molecule has 8 heteroatoms. The summed E-state index contributed by atoms with van der Waals surface area (Å²) in [6, 6.07) is 12.2. The number of rotatable bonds is 6. The largest absolute Gasteiger partial charge is 0.423 e. The number of carbonyl (C=O) groups excluding carboxylic acids is 2. The predicted molar refractivity (Wildman–Crippen MR) is 126 cm³/mol. The molecule has 0 radical (unpaired) electrons. The summed E-state index contributed by atoms with van der Waals surface area (Å²) < 4.78 is 7.44. The first-order valence-electron chi connectivity index (χ1n) is 10.4. The normalized spacial score (nSPS) is 11.3. The number of nitrogens with one attached hydrogen (secondary N) is 1. The molecule has 32 heavy (non-hydrogen) atoms. The highest BCUT2D eigenvalue weighted by molar-refractivity contribution is 7.12. The molecule has 0 saturated heterocycles. The standard InChI is InChI=1S/C24H24N4O3S/c1-14(2)20-12-18(19-13-25-28(15(3)4)22(19)27-20)24(30)31-17-9-7-16(8-10-17)26-23(29)21-6-5-11-32-21/h5-15H,1-4H3,(H,26,29). The van der Waals surface area contributed by atoms with Crippen LogP contribution in [0.5, 0.6) is 5.75 Å². The van der Waals surface area contributed by atoms with Crippen molar-refractivity contribution in [2.45, 2.75) is 39.7 Å². The molecule has 1 aromatic carbocycles. The second kappa shape index (κ2) is 8.92. The minimum Gasteiger partial charge on any atom is -0.423 e. The molecule has 1 N–H and O–H groups in total. The van der Waals surface area contributed by atoms with Crippen LogP contribution < -0.4 is 10.1 Å². The zero-order valence-corrected chi connectivity index (χ0v) is 19.1. The summed E-state index contributed by atoms with van der Waals surface area (Å²) in [5.41, 5.74) is 2.53. The summed E-state index contributed by atoms with van der Waals surface area (Å²) in [4.78, 5) is 30.6. The van der Waals surface area contributed by atoms with Crippen LogP contribution in [0.1, 0.15) is 65.4 Å². The van der Waals surface area contributed by atoms with Crippen molar-refractivity contribution in [3.63, 3.8) is 0 Å². The number of pyridine rings is 1. The van der Waals surface area contributed by atoms with Gasteiger partial charge in [0.15, 0.2) is 5.65 Å². The summed E-state index contributed by atoms with van der Waals surface area (Å²) in [5.74, 6) is -0.116. The lowest BCUT2D eigenvalue weighted by atomic mass is 10.1. The van der Waals surface area contributed by atoms with Gasteiger partial charge in [-0.15, -0.1) is 11.3 Å². The summed E-state index contributed by atoms with van der Waals surface area (Å²) >= 11 is 1.37. The summed E-state index contributed by atoms with van der Waals surface area (Å²) in [5, 5.41) is 9.75. The lowest BCUT2D eigenvalue weighted by molar-refractivity contribution is 0.0736. The van der Waals surface area contributed by atoms with Crippen molar-refractivity contribution >= 4 is 39.9 Å². The number of hydrogen-bond acceptors (Lipinski definition) is 6. The molecule has 1 amide bonds. The number of nitrogens with zero attached hydrogens (tertiary/aromatic N) is 3. The van der Waals surface area contributed by atoms with Gasteiger partial charge < -0.3 is 10.1 Å². The Balaban J connectivity index is 1.56. The van der Waals surface area contributed by atoms with E-state index in [9.17, 15) is 9.59 Å². The van der Waals surface area contributed by atoms with E-state index in [1.807, 2.05) is 43.8 Å². The third kappa shape index (κ3) is 4.40. The third-order valence-electron chi connectivity index (χ3n) is 4.95. The molecule has 0 aliphatic rings. The molecule has 4 aromatic rings. The van der Waals surface area contributed by atoms with E-state index in [2.05, 4.69) is 10.4 Å². The number of carbonyl (C=O) groups is 2. The SMILES string of the molecule is CC(C)c1cc(C(=O)Oc2ccc(NC(=O)c3cccs3)cc2)c2cnn(C(C)C)c2n1. The molecule has 3 aromatic heterocycles. The van der Waals surface area contributed by atoms with Crippen LogP contribution in [0, 0.1) is 0 Å². The predicted octanol–water partition coefficient (Wildman–Crippen LogP) is 5.67. The summed E-state index contributed by atoms with van der Waals surface area (Å²) in [6.45, 7) is 8.10. The maximum absolute atomic E-state index is 13.0. The highest BCUT2D eigenvalue weighted by Gasteiger charge is 2.20. The fourth-order valence-corrected chi connectivity index (χ4v) is 3.87. The number of benzene rings is 1. The van der Waals surface area contributed by atoms with Gasteiger partial charge in [0.05, 0.1) is 22.0 Å². The Morgan fingerprint density at radius 3 is 2.47 bits per heavy atom. The zero-order chi connectivity index (χ0) is 22.8. The van der Waals surface area contributed by atoms with Crippen molar-refractivity contribution in [2.75, 3.05) is 5.32 Å². The van der Waals surface area contributed by atoms with Gasteiger partial charge in [-0.25, -0.2) is 14.5 Å². The number of fused-ring (bicyclic) bond motifs is 1. The lowest BCUT2D eigenvalue weighted by Crippen LogP contribution is -2.12. The van der Waals surface area contributed by atoms with E-state index in [-0.39, 0.29) is 17.9 Å². The number of aromatic nitrogens is 3. The van der Waals surface area contributed by atoms with Crippen molar-refractivity contribution in [1.82, 2.24) is 14.8 Å². The average molecular weight is 449 g/mol. The number of esters is 1. The monoisotopic (exact) mass is 448 g/mol. The Hall–Kier alpha value is -3.52. The summed E-state index contributed by atoms with van der Waals surface area (Å²) in [6.07, 6.45) is 1.66. The highest BCUT2D eigenvalue weighted by Crippen LogP contribution is 2.26. The molecular formula is C24H24N4O3S. The molecule has 0 aliphatic heterocycles. The van der Waals surface area contributed by atoms with Crippen LogP contribution in [-0.4, -0.2) is 26.6 Å². The fourth-order valence-electron chi connectivity index (χ4n) is 3.25. The van der Waals surface area contributed by atoms with Crippen molar-refractivity contribution in [3.8, 4) is 5.75 Å². The van der Waals surface area contributed by atoms with Gasteiger partial charge >= 0.3 is 5.97 Å². The first-order valence-corrected chi connectivity index (χ1v) is 11.3. The molecule has 0 bridgehead atoms. The first-order chi connectivity index (χ1) is 15.3. The van der Waals surface area contributed by atoms with Gasteiger partial charge in [-0.1, -0.05) is 19.9 Å². The number of anilines is 1. The molecule has 0 unspecified atom stereocenters. The van der Waals surface area contributed by atoms with Crippen LogP contribution in [-0.2, 0) is 0 Å². The van der Waals surface area contributed by atoms with Gasteiger partial charge in [0, 0.05) is 17.4 Å². The molecule has 4 rings (SSSR count). The second-order valence-electron chi connectivity index (χ2n) is 8.01. The van der Waals surface area contributed by atoms with Gasteiger partial charge in [-0.2, -0.15) is 5.10 Å². The molecule has 0 aliphatic carbocycles. The fraction of sp³-hybridized carbons (Fsp3) is 0.250. The van der Waals surface area contributed by atoms with Crippen LogP contribution in [0.2, 0.25) is 0 Å². The molecule has 0 saturated carbocycles. The number of hydrogen-bond donors (Lipinski definition) is 1. The number of thiophene rings is 1. The maximum Gasteiger partial charge on any atom is 0.344 e. The Morgan fingerprint density at radius 2 is 1.84 bits per heavy atom. The van der Waals surface area contributed by atoms with Crippen LogP contribution >= 0.6 is 11.3 Å². The molecule has 164 valence electrons. The van der Waals surface area contributed by atoms with E-state index in [1.165, 1.54) is 11.3 Å². The van der Waals surface area contributed by atoms with Crippen LogP contribution in [0.25, 0.3) is 11.0 Å². The van der Waals surface area contributed by atoms with Crippen molar-refractivity contribution in [2.24, 2.45) is 0 Å². The van der Waals surface area contributed by atoms with E-state index in [0.29, 0.717) is 32.9 Å². The van der Waals surface area contributed by atoms with Crippen LogP contribution in [0.4, 0.5) is 5.69 Å². The second-order valence-corrected chi connectivity index (χ2v) is 8.96. The third-order valence-corrected chi connectivity index (χ3v) is 5.82. The Kier molecular flexibility index (Phi) is 6.05. The van der Waals surface area contributed by atoms with E-state index >= 15 is 0 Å². The van der Waals surface area contributed by atoms with Crippen molar-refractivity contribution < 1.29 is 14.3 Å². The molecule has 0 atom stereocenters. The van der Waals surface area contributed by atoms with E-state index < -0.39 is 5.97 Å². The highest BCUT2D eigenvalue weighted by atomic mass is 32.1. The number of amides is 1. The Morgan fingerprint density at radius 1 is 1.09 bits per heavy atom.